The molecule has 0 atom stereocenters. The maximum absolute atomic E-state index is 8.80. The third-order valence-electron chi connectivity index (χ3n) is 4.50. The minimum Gasteiger partial charge on any atom is -0.496 e. The van der Waals surface area contributed by atoms with Gasteiger partial charge >= 0.3 is 0 Å². The number of ether oxygens (including phenoxy) is 2. The van der Waals surface area contributed by atoms with Gasteiger partial charge in [-0.2, -0.15) is 10.4 Å². The van der Waals surface area contributed by atoms with E-state index in [1.807, 2.05) is 30.3 Å². The van der Waals surface area contributed by atoms with Crippen molar-refractivity contribution in [3.63, 3.8) is 0 Å². The molecule has 0 unspecified atom stereocenters. The molecular formula is C19H19N7O2. The number of aromatic amines is 1. The number of rotatable bonds is 6. The van der Waals surface area contributed by atoms with E-state index < -0.39 is 0 Å². The molecule has 9 nitrogen and oxygen atoms in total. The summed E-state index contributed by atoms with van der Waals surface area (Å²) in [5.41, 5.74) is 7.64. The molecule has 1 fully saturated rings. The first-order chi connectivity index (χ1) is 13.7. The molecule has 28 heavy (non-hydrogen) atoms. The molecule has 4 rings (SSSR count). The van der Waals surface area contributed by atoms with Crippen LogP contribution in [-0.2, 0) is 0 Å². The number of H-pyrrole nitrogens is 1. The largest absolute Gasteiger partial charge is 0.496 e. The zero-order valence-electron chi connectivity index (χ0n) is 15.2. The Morgan fingerprint density at radius 2 is 2.04 bits per heavy atom. The highest BCUT2D eigenvalue weighted by Crippen LogP contribution is 2.40. The Morgan fingerprint density at radius 3 is 2.71 bits per heavy atom. The Bertz CT molecular complexity index is 1000. The topological polar surface area (TPSA) is 135 Å². The number of aromatic nitrogens is 4. The van der Waals surface area contributed by atoms with Gasteiger partial charge in [-0.05, 0) is 25.0 Å². The van der Waals surface area contributed by atoms with Gasteiger partial charge in [-0.15, -0.1) is 0 Å². The molecule has 1 saturated carbocycles. The fourth-order valence-electron chi connectivity index (χ4n) is 3.02. The van der Waals surface area contributed by atoms with Crippen LogP contribution in [0.15, 0.2) is 36.7 Å². The molecule has 9 heteroatoms. The number of nitrogens with one attached hydrogen (secondary N) is 2. The number of nitriles is 1. The van der Waals surface area contributed by atoms with Crippen LogP contribution >= 0.6 is 0 Å². The first-order valence-electron chi connectivity index (χ1n) is 8.80. The predicted octanol–water partition coefficient (Wildman–Crippen LogP) is 2.36. The van der Waals surface area contributed by atoms with Gasteiger partial charge in [0.15, 0.2) is 11.5 Å². The number of anilines is 2. The number of hydrogen-bond acceptors (Lipinski definition) is 8. The molecule has 0 amide bonds. The second kappa shape index (κ2) is 7.54. The molecule has 0 radical (unpaired) electrons. The lowest BCUT2D eigenvalue weighted by atomic mass is 9.90. The second-order valence-electron chi connectivity index (χ2n) is 6.50. The monoisotopic (exact) mass is 377 g/mol. The lowest BCUT2D eigenvalue weighted by molar-refractivity contribution is 0.101. The first kappa shape index (κ1) is 17.8. The van der Waals surface area contributed by atoms with Crippen LogP contribution in [0.25, 0.3) is 11.3 Å². The van der Waals surface area contributed by atoms with Gasteiger partial charge in [0.2, 0.25) is 0 Å². The van der Waals surface area contributed by atoms with Crippen molar-refractivity contribution >= 4 is 11.6 Å². The van der Waals surface area contributed by atoms with Crippen molar-refractivity contribution in [2.75, 3.05) is 12.4 Å². The lowest BCUT2D eigenvalue weighted by Gasteiger charge is -2.33. The molecule has 142 valence electrons. The van der Waals surface area contributed by atoms with E-state index >= 15 is 0 Å². The van der Waals surface area contributed by atoms with Crippen molar-refractivity contribution in [1.82, 2.24) is 20.2 Å². The summed E-state index contributed by atoms with van der Waals surface area (Å²) < 4.78 is 11.6. The highest BCUT2D eigenvalue weighted by Gasteiger charge is 2.29. The fourth-order valence-corrected chi connectivity index (χ4v) is 3.02. The van der Waals surface area contributed by atoms with E-state index in [9.17, 15) is 0 Å². The third-order valence-corrected chi connectivity index (χ3v) is 4.50. The van der Waals surface area contributed by atoms with E-state index in [1.165, 1.54) is 12.4 Å². The van der Waals surface area contributed by atoms with Crippen LogP contribution in [0.1, 0.15) is 18.5 Å². The zero-order chi connectivity index (χ0) is 19.5. The van der Waals surface area contributed by atoms with E-state index in [-0.39, 0.29) is 17.8 Å². The smallest absolute Gasteiger partial charge is 0.158 e. The summed E-state index contributed by atoms with van der Waals surface area (Å²) in [7, 11) is 1.61. The van der Waals surface area contributed by atoms with Crippen molar-refractivity contribution in [3.8, 4) is 28.8 Å². The van der Waals surface area contributed by atoms with Crippen LogP contribution in [0, 0.1) is 11.3 Å². The van der Waals surface area contributed by atoms with E-state index in [4.69, 9.17) is 20.5 Å². The zero-order valence-corrected chi connectivity index (χ0v) is 15.2. The van der Waals surface area contributed by atoms with E-state index in [0.29, 0.717) is 23.1 Å². The standard InChI is InChI=1S/C19H19N7O2/c1-27-15-3-2-4-16(28-13-5-11(21)6-13)19(15)14-7-17(26-25-14)24-18-10-22-12(8-20)9-23-18/h2-4,7,9-11,13H,5-6,21H2,1H3,(H2,23,24,25,26)/t11-,13+. The molecule has 4 N–H and O–H groups in total. The second-order valence-corrected chi connectivity index (χ2v) is 6.50. The van der Waals surface area contributed by atoms with Crippen LogP contribution in [0.3, 0.4) is 0 Å². The van der Waals surface area contributed by atoms with Crippen molar-refractivity contribution in [2.45, 2.75) is 25.0 Å². The molecule has 1 aliphatic rings. The molecule has 0 saturated heterocycles. The summed E-state index contributed by atoms with van der Waals surface area (Å²) in [5, 5.41) is 19.1. The maximum atomic E-state index is 8.80. The van der Waals surface area contributed by atoms with Crippen molar-refractivity contribution in [3.05, 3.63) is 42.4 Å². The summed E-state index contributed by atoms with van der Waals surface area (Å²) in [6.45, 7) is 0. The minimum absolute atomic E-state index is 0.107. The Hall–Kier alpha value is -3.64. The summed E-state index contributed by atoms with van der Waals surface area (Å²) in [5.74, 6) is 2.42. The van der Waals surface area contributed by atoms with Gasteiger partial charge in [0.05, 0.1) is 30.8 Å². The van der Waals surface area contributed by atoms with Crippen LogP contribution < -0.4 is 20.5 Å². The summed E-state index contributed by atoms with van der Waals surface area (Å²) in [6.07, 6.45) is 4.65. The van der Waals surface area contributed by atoms with Gasteiger partial charge in [0.1, 0.15) is 29.5 Å². The Kier molecular flexibility index (Phi) is 4.78. The summed E-state index contributed by atoms with van der Waals surface area (Å²) in [4.78, 5) is 8.11. The third kappa shape index (κ3) is 3.58. The summed E-state index contributed by atoms with van der Waals surface area (Å²) in [6, 6.07) is 9.63. The molecule has 2 aromatic heterocycles. The number of hydrogen-bond donors (Lipinski definition) is 3. The van der Waals surface area contributed by atoms with Crippen LogP contribution in [0.4, 0.5) is 11.6 Å². The molecule has 3 aromatic rings. The van der Waals surface area contributed by atoms with Gasteiger partial charge in [-0.3, -0.25) is 5.10 Å². The molecule has 0 aliphatic heterocycles. The summed E-state index contributed by atoms with van der Waals surface area (Å²) >= 11 is 0. The average Bonchev–Trinajstić information content (AvgIpc) is 3.15. The average molecular weight is 377 g/mol. The number of nitrogens with two attached hydrogens (primary N) is 1. The Labute approximate surface area is 161 Å². The van der Waals surface area contributed by atoms with Crippen LogP contribution in [0.5, 0.6) is 11.5 Å². The number of methoxy groups -OCH3 is 1. The Morgan fingerprint density at radius 1 is 1.21 bits per heavy atom. The highest BCUT2D eigenvalue weighted by atomic mass is 16.5. The SMILES string of the molecule is COc1cccc(O[C@H]2C[C@@H](N)C2)c1-c1cc(Nc2cnc(C#N)cn2)n[nH]1. The maximum Gasteiger partial charge on any atom is 0.158 e. The molecular weight excluding hydrogens is 358 g/mol. The fraction of sp³-hybridized carbons (Fsp3) is 0.263. The quantitative estimate of drug-likeness (QED) is 0.596. The van der Waals surface area contributed by atoms with Gasteiger partial charge in [0, 0.05) is 12.1 Å². The molecule has 0 bridgehead atoms. The number of benzene rings is 1. The van der Waals surface area contributed by atoms with E-state index in [1.54, 1.807) is 7.11 Å². The minimum atomic E-state index is 0.107. The predicted molar refractivity (Wildman–Crippen MR) is 102 cm³/mol. The van der Waals surface area contributed by atoms with Crippen LogP contribution in [0.2, 0.25) is 0 Å². The van der Waals surface area contributed by atoms with Crippen LogP contribution in [-0.4, -0.2) is 39.4 Å². The lowest BCUT2D eigenvalue weighted by Crippen LogP contribution is -2.43. The molecule has 0 spiro atoms. The van der Waals surface area contributed by atoms with Crippen molar-refractivity contribution in [2.24, 2.45) is 5.73 Å². The van der Waals surface area contributed by atoms with Gasteiger partial charge in [0.25, 0.3) is 0 Å². The van der Waals surface area contributed by atoms with Crippen molar-refractivity contribution < 1.29 is 9.47 Å². The highest BCUT2D eigenvalue weighted by molar-refractivity contribution is 5.76. The normalized spacial score (nSPS) is 18.0. The molecule has 1 aliphatic carbocycles. The van der Waals surface area contributed by atoms with E-state index in [0.717, 1.165) is 24.1 Å². The molecule has 2 heterocycles. The van der Waals surface area contributed by atoms with Gasteiger partial charge in [-0.1, -0.05) is 6.07 Å². The van der Waals surface area contributed by atoms with Gasteiger partial charge in [-0.25, -0.2) is 9.97 Å². The molecule has 1 aromatic carbocycles. The van der Waals surface area contributed by atoms with Crippen molar-refractivity contribution in [1.29, 1.82) is 5.26 Å². The first-order valence-corrected chi connectivity index (χ1v) is 8.80. The number of nitrogens with zero attached hydrogens (tertiary/aromatic N) is 4. The Balaban J connectivity index is 1.59. The van der Waals surface area contributed by atoms with Gasteiger partial charge < -0.3 is 20.5 Å². The van der Waals surface area contributed by atoms with E-state index in [2.05, 4.69) is 25.5 Å².